The fourth-order valence-electron chi connectivity index (χ4n) is 1.77. The van der Waals surface area contributed by atoms with Crippen LogP contribution in [0, 0.1) is 16.0 Å². The molecule has 1 saturated heterocycles. The van der Waals surface area contributed by atoms with Crippen molar-refractivity contribution in [3.05, 3.63) is 16.4 Å². The third kappa shape index (κ3) is 2.79. The molecule has 0 aliphatic carbocycles. The molecule has 18 heavy (non-hydrogen) atoms. The molecule has 1 aliphatic heterocycles. The number of aromatic nitrogens is 2. The number of hydrogen-bond acceptors (Lipinski definition) is 8. The number of nitrogen functional groups attached to an aromatic ring is 1. The molecule has 0 spiro atoms. The van der Waals surface area contributed by atoms with Crippen molar-refractivity contribution in [3.8, 4) is 0 Å². The fraction of sp³-hybridized carbons (Fsp3) is 0.556. The van der Waals surface area contributed by atoms with Gasteiger partial charge in [-0.25, -0.2) is 15.8 Å². The summed E-state index contributed by atoms with van der Waals surface area (Å²) in [4.78, 5) is 18.1. The van der Waals surface area contributed by atoms with Gasteiger partial charge in [-0.3, -0.25) is 10.1 Å². The van der Waals surface area contributed by atoms with Gasteiger partial charge in [-0.15, -0.1) is 0 Å². The van der Waals surface area contributed by atoms with Crippen LogP contribution in [0.15, 0.2) is 6.33 Å². The standard InChI is InChI=1S/C9H14N6O2S/c10-14-9-7(15(16)17)8(12-5-13-9)11-3-6-1-2-18-4-6/h5-6H,1-4,10H2,(H2,11,12,13,14). The molecule has 9 heteroatoms. The van der Waals surface area contributed by atoms with E-state index in [9.17, 15) is 10.1 Å². The second-order valence-electron chi connectivity index (χ2n) is 3.93. The Morgan fingerprint density at radius 2 is 2.33 bits per heavy atom. The molecule has 4 N–H and O–H groups in total. The lowest BCUT2D eigenvalue weighted by Gasteiger charge is -2.11. The highest BCUT2D eigenvalue weighted by Gasteiger charge is 2.23. The molecule has 2 heterocycles. The third-order valence-electron chi connectivity index (χ3n) is 2.72. The fourth-order valence-corrected chi connectivity index (χ4v) is 3.06. The molecule has 1 fully saturated rings. The lowest BCUT2D eigenvalue weighted by Crippen LogP contribution is -2.17. The average molecular weight is 270 g/mol. The van der Waals surface area contributed by atoms with Crippen LogP contribution in [0.2, 0.25) is 0 Å². The molecule has 0 aromatic carbocycles. The van der Waals surface area contributed by atoms with E-state index in [0.29, 0.717) is 12.5 Å². The summed E-state index contributed by atoms with van der Waals surface area (Å²) in [5.74, 6) is 8.17. The summed E-state index contributed by atoms with van der Waals surface area (Å²) in [6, 6.07) is 0. The first-order chi connectivity index (χ1) is 8.72. The molecule has 1 unspecified atom stereocenters. The van der Waals surface area contributed by atoms with E-state index < -0.39 is 4.92 Å². The number of hydrazine groups is 1. The zero-order valence-corrected chi connectivity index (χ0v) is 10.4. The number of hydrogen-bond donors (Lipinski definition) is 3. The molecule has 98 valence electrons. The Bertz CT molecular complexity index is 437. The van der Waals surface area contributed by atoms with Crippen molar-refractivity contribution in [1.29, 1.82) is 0 Å². The molecule has 0 radical (unpaired) electrons. The highest BCUT2D eigenvalue weighted by Crippen LogP contribution is 2.29. The Labute approximate surface area is 108 Å². The summed E-state index contributed by atoms with van der Waals surface area (Å²) in [5.41, 5.74) is 1.99. The summed E-state index contributed by atoms with van der Waals surface area (Å²) in [5, 5.41) is 14.0. The van der Waals surface area contributed by atoms with E-state index in [1.807, 2.05) is 11.8 Å². The quantitative estimate of drug-likeness (QED) is 0.409. The summed E-state index contributed by atoms with van der Waals surface area (Å²) in [7, 11) is 0. The minimum Gasteiger partial charge on any atom is -0.364 e. The van der Waals surface area contributed by atoms with Crippen LogP contribution in [-0.4, -0.2) is 32.9 Å². The number of nitrogens with two attached hydrogens (primary N) is 1. The topological polar surface area (TPSA) is 119 Å². The van der Waals surface area contributed by atoms with E-state index in [1.165, 1.54) is 6.33 Å². The maximum atomic E-state index is 11.0. The number of rotatable bonds is 5. The van der Waals surface area contributed by atoms with Crippen LogP contribution >= 0.6 is 11.8 Å². The molecule has 1 atom stereocenters. The zero-order valence-electron chi connectivity index (χ0n) is 9.63. The number of nitrogens with zero attached hydrogens (tertiary/aromatic N) is 3. The first-order valence-electron chi connectivity index (χ1n) is 5.50. The lowest BCUT2D eigenvalue weighted by molar-refractivity contribution is -0.383. The maximum Gasteiger partial charge on any atom is 0.354 e. The monoisotopic (exact) mass is 270 g/mol. The minimum absolute atomic E-state index is 0.0123. The zero-order chi connectivity index (χ0) is 13.0. The Morgan fingerprint density at radius 3 is 2.94 bits per heavy atom. The van der Waals surface area contributed by atoms with E-state index >= 15 is 0 Å². The van der Waals surface area contributed by atoms with Crippen LogP contribution < -0.4 is 16.6 Å². The van der Waals surface area contributed by atoms with Crippen LogP contribution in [-0.2, 0) is 0 Å². The Balaban J connectivity index is 2.13. The normalized spacial score (nSPS) is 18.6. The first kappa shape index (κ1) is 12.8. The number of thioether (sulfide) groups is 1. The van der Waals surface area contributed by atoms with Gasteiger partial charge < -0.3 is 10.7 Å². The largest absolute Gasteiger partial charge is 0.364 e. The first-order valence-corrected chi connectivity index (χ1v) is 6.65. The molecular weight excluding hydrogens is 256 g/mol. The molecule has 0 bridgehead atoms. The summed E-state index contributed by atoms with van der Waals surface area (Å²) < 4.78 is 0. The van der Waals surface area contributed by atoms with Crippen molar-refractivity contribution in [2.75, 3.05) is 28.8 Å². The predicted molar refractivity (Wildman–Crippen MR) is 70.4 cm³/mol. The third-order valence-corrected chi connectivity index (χ3v) is 3.96. The Morgan fingerprint density at radius 1 is 1.56 bits per heavy atom. The molecular formula is C9H14N6O2S. The van der Waals surface area contributed by atoms with Crippen LogP contribution in [0.5, 0.6) is 0 Å². The van der Waals surface area contributed by atoms with E-state index in [2.05, 4.69) is 20.7 Å². The van der Waals surface area contributed by atoms with E-state index in [0.717, 1.165) is 17.9 Å². The highest BCUT2D eigenvalue weighted by molar-refractivity contribution is 7.99. The second-order valence-corrected chi connectivity index (χ2v) is 5.08. The van der Waals surface area contributed by atoms with Gasteiger partial charge in [-0.2, -0.15) is 11.8 Å². The predicted octanol–water partition coefficient (Wildman–Crippen LogP) is 0.835. The maximum absolute atomic E-state index is 11.0. The molecule has 8 nitrogen and oxygen atoms in total. The minimum atomic E-state index is -0.541. The number of nitro groups is 1. The smallest absolute Gasteiger partial charge is 0.354 e. The Kier molecular flexibility index (Phi) is 4.15. The van der Waals surface area contributed by atoms with Gasteiger partial charge >= 0.3 is 5.69 Å². The van der Waals surface area contributed by atoms with Gasteiger partial charge in [0.15, 0.2) is 0 Å². The van der Waals surface area contributed by atoms with Gasteiger partial charge in [-0.05, 0) is 23.8 Å². The summed E-state index contributed by atoms with van der Waals surface area (Å²) in [6.07, 6.45) is 2.37. The van der Waals surface area contributed by atoms with Crippen LogP contribution in [0.4, 0.5) is 17.3 Å². The second kappa shape index (κ2) is 5.83. The van der Waals surface area contributed by atoms with Gasteiger partial charge in [0.2, 0.25) is 11.6 Å². The molecule has 2 rings (SSSR count). The summed E-state index contributed by atoms with van der Waals surface area (Å²) >= 11 is 1.90. The number of anilines is 2. The molecule has 1 aromatic rings. The number of nitrogens with one attached hydrogen (secondary N) is 2. The van der Waals surface area contributed by atoms with Crippen molar-refractivity contribution < 1.29 is 4.92 Å². The average Bonchev–Trinajstić information content (AvgIpc) is 2.88. The van der Waals surface area contributed by atoms with Crippen molar-refractivity contribution in [1.82, 2.24) is 9.97 Å². The van der Waals surface area contributed by atoms with Crippen LogP contribution in [0.3, 0.4) is 0 Å². The van der Waals surface area contributed by atoms with E-state index in [4.69, 9.17) is 5.84 Å². The summed E-state index contributed by atoms with van der Waals surface area (Å²) in [6.45, 7) is 0.675. The molecule has 0 amide bonds. The molecule has 1 aromatic heterocycles. The Hall–Kier alpha value is -1.61. The van der Waals surface area contributed by atoms with E-state index in [-0.39, 0.29) is 17.3 Å². The van der Waals surface area contributed by atoms with Gasteiger partial charge in [0.05, 0.1) is 4.92 Å². The SMILES string of the molecule is NNc1ncnc(NCC2CCSC2)c1[N+](=O)[O-]. The van der Waals surface area contributed by atoms with E-state index in [1.54, 1.807) is 0 Å². The molecule has 1 aliphatic rings. The lowest BCUT2D eigenvalue weighted by atomic mass is 10.1. The van der Waals surface area contributed by atoms with Gasteiger partial charge in [0, 0.05) is 6.54 Å². The van der Waals surface area contributed by atoms with Crippen molar-refractivity contribution in [2.45, 2.75) is 6.42 Å². The van der Waals surface area contributed by atoms with Crippen LogP contribution in [0.25, 0.3) is 0 Å². The highest BCUT2D eigenvalue weighted by atomic mass is 32.2. The van der Waals surface area contributed by atoms with Gasteiger partial charge in [0.25, 0.3) is 0 Å². The van der Waals surface area contributed by atoms with Crippen molar-refractivity contribution >= 4 is 29.1 Å². The van der Waals surface area contributed by atoms with Crippen molar-refractivity contribution in [2.24, 2.45) is 11.8 Å². The van der Waals surface area contributed by atoms with Crippen molar-refractivity contribution in [3.63, 3.8) is 0 Å². The van der Waals surface area contributed by atoms with Crippen LogP contribution in [0.1, 0.15) is 6.42 Å². The van der Waals surface area contributed by atoms with Gasteiger partial charge in [0.1, 0.15) is 6.33 Å². The molecule has 0 saturated carbocycles. The van der Waals surface area contributed by atoms with Gasteiger partial charge in [-0.1, -0.05) is 0 Å².